The van der Waals surface area contributed by atoms with Gasteiger partial charge in [-0.15, -0.1) is 0 Å². The Morgan fingerprint density at radius 1 is 1.19 bits per heavy atom. The fraction of sp³-hybridized carbons (Fsp3) is 0.250. The van der Waals surface area contributed by atoms with Crippen LogP contribution in [0.5, 0.6) is 0 Å². The van der Waals surface area contributed by atoms with Crippen LogP contribution in [-0.2, 0) is 19.6 Å². The predicted octanol–water partition coefficient (Wildman–Crippen LogP) is 3.37. The lowest BCUT2D eigenvalue weighted by Crippen LogP contribution is -2.34. The average Bonchev–Trinajstić information content (AvgIpc) is 3.09. The number of sulfonamides is 1. The van der Waals surface area contributed by atoms with Gasteiger partial charge in [0.2, 0.25) is 10.0 Å². The van der Waals surface area contributed by atoms with Gasteiger partial charge in [0, 0.05) is 6.54 Å². The van der Waals surface area contributed by atoms with Crippen LogP contribution in [0, 0.1) is 12.7 Å². The summed E-state index contributed by atoms with van der Waals surface area (Å²) in [6, 6.07) is 11.6. The molecule has 0 N–H and O–H groups in total. The molecule has 5 nitrogen and oxygen atoms in total. The molecule has 2 aromatic rings. The summed E-state index contributed by atoms with van der Waals surface area (Å²) in [5.41, 5.74) is 1.86. The zero-order valence-corrected chi connectivity index (χ0v) is 15.9. The molecule has 1 unspecified atom stereocenters. The van der Waals surface area contributed by atoms with E-state index in [1.165, 1.54) is 24.3 Å². The highest BCUT2D eigenvalue weighted by Crippen LogP contribution is 2.38. The molecule has 0 saturated carbocycles. The molecule has 142 valence electrons. The summed E-state index contributed by atoms with van der Waals surface area (Å²) < 4.78 is 46.7. The van der Waals surface area contributed by atoms with E-state index in [2.05, 4.69) is 0 Å². The summed E-state index contributed by atoms with van der Waals surface area (Å²) in [5.74, 6) is -1.40. The molecule has 2 aromatic carbocycles. The Morgan fingerprint density at radius 2 is 1.85 bits per heavy atom. The first-order chi connectivity index (χ1) is 12.9. The van der Waals surface area contributed by atoms with Crippen molar-refractivity contribution in [3.8, 4) is 0 Å². The fourth-order valence-electron chi connectivity index (χ4n) is 3.08. The summed E-state index contributed by atoms with van der Waals surface area (Å²) in [6.07, 6.45) is 1.53. The minimum atomic E-state index is -4.16. The van der Waals surface area contributed by atoms with Crippen LogP contribution in [0.25, 0.3) is 0 Å². The second-order valence-corrected chi connectivity index (χ2v) is 8.06. The number of esters is 1. The number of carbonyl (C=O) groups excluding carboxylic acids is 1. The molecule has 0 radical (unpaired) electrons. The van der Waals surface area contributed by atoms with Crippen LogP contribution in [-0.4, -0.2) is 31.8 Å². The van der Waals surface area contributed by atoms with Gasteiger partial charge in [0.1, 0.15) is 10.7 Å². The third-order valence-corrected chi connectivity index (χ3v) is 6.27. The minimum absolute atomic E-state index is 0.0383. The van der Waals surface area contributed by atoms with E-state index in [-0.39, 0.29) is 18.7 Å². The van der Waals surface area contributed by atoms with Crippen LogP contribution in [0.15, 0.2) is 65.1 Å². The van der Waals surface area contributed by atoms with Crippen molar-refractivity contribution >= 4 is 16.0 Å². The van der Waals surface area contributed by atoms with Gasteiger partial charge in [-0.2, -0.15) is 4.31 Å². The quantitative estimate of drug-likeness (QED) is 0.736. The van der Waals surface area contributed by atoms with Crippen molar-refractivity contribution < 1.29 is 22.3 Å². The SMILES string of the molecule is CCOC(=O)C1=CCN(S(=O)(=O)c2ccccc2F)C1c1ccc(C)cc1. The van der Waals surface area contributed by atoms with Crippen molar-refractivity contribution in [3.05, 3.63) is 77.1 Å². The molecule has 7 heteroatoms. The molecule has 0 aliphatic carbocycles. The predicted molar refractivity (Wildman–Crippen MR) is 98.9 cm³/mol. The number of nitrogens with zero attached hydrogens (tertiary/aromatic N) is 1. The van der Waals surface area contributed by atoms with Gasteiger partial charge < -0.3 is 4.74 Å². The first-order valence-electron chi connectivity index (χ1n) is 8.56. The van der Waals surface area contributed by atoms with Crippen LogP contribution in [0.4, 0.5) is 4.39 Å². The van der Waals surface area contributed by atoms with Crippen molar-refractivity contribution in [1.29, 1.82) is 0 Å². The molecule has 1 aliphatic rings. The van der Waals surface area contributed by atoms with Crippen molar-refractivity contribution in [1.82, 2.24) is 4.31 Å². The van der Waals surface area contributed by atoms with Crippen LogP contribution in [0.1, 0.15) is 24.1 Å². The Labute approximate surface area is 158 Å². The number of carbonyl (C=O) groups is 1. The number of rotatable bonds is 5. The van der Waals surface area contributed by atoms with E-state index < -0.39 is 32.7 Å². The Bertz CT molecular complexity index is 983. The normalized spacial score (nSPS) is 17.6. The summed E-state index contributed by atoms with van der Waals surface area (Å²) in [5, 5.41) is 0. The van der Waals surface area contributed by atoms with Crippen molar-refractivity contribution in [2.45, 2.75) is 24.8 Å². The smallest absolute Gasteiger partial charge is 0.335 e. The van der Waals surface area contributed by atoms with Crippen LogP contribution >= 0.6 is 0 Å². The molecule has 0 spiro atoms. The van der Waals surface area contributed by atoms with E-state index in [1.54, 1.807) is 19.1 Å². The molecule has 0 fully saturated rings. The largest absolute Gasteiger partial charge is 0.463 e. The van der Waals surface area contributed by atoms with Crippen molar-refractivity contribution in [3.63, 3.8) is 0 Å². The molecule has 0 bridgehead atoms. The standard InChI is InChI=1S/C20H20FNO4S/c1-3-26-20(23)16-12-13-22(19(16)15-10-8-14(2)9-11-15)27(24,25)18-7-5-4-6-17(18)21/h4-12,19H,3,13H2,1-2H3. The average molecular weight is 389 g/mol. The number of ether oxygens (including phenoxy) is 1. The van der Waals surface area contributed by atoms with Gasteiger partial charge in [0.25, 0.3) is 0 Å². The van der Waals surface area contributed by atoms with E-state index in [0.29, 0.717) is 5.56 Å². The number of benzene rings is 2. The Morgan fingerprint density at radius 3 is 2.48 bits per heavy atom. The Kier molecular flexibility index (Phi) is 5.43. The van der Waals surface area contributed by atoms with Crippen molar-refractivity contribution in [2.24, 2.45) is 0 Å². The third kappa shape index (κ3) is 3.65. The highest BCUT2D eigenvalue weighted by atomic mass is 32.2. The molecule has 0 aromatic heterocycles. The molecule has 0 saturated heterocycles. The first-order valence-corrected chi connectivity index (χ1v) is 10.0. The number of hydrogen-bond acceptors (Lipinski definition) is 4. The minimum Gasteiger partial charge on any atom is -0.463 e. The highest BCUT2D eigenvalue weighted by Gasteiger charge is 2.41. The molecule has 1 heterocycles. The van der Waals surface area contributed by atoms with Gasteiger partial charge in [-0.05, 0) is 31.5 Å². The molecule has 1 atom stereocenters. The van der Waals surface area contributed by atoms with Gasteiger partial charge in [-0.3, -0.25) is 0 Å². The number of aryl methyl sites for hydroxylation is 1. The molecular formula is C20H20FNO4S. The summed E-state index contributed by atoms with van der Waals surface area (Å²) >= 11 is 0. The van der Waals surface area contributed by atoms with E-state index in [4.69, 9.17) is 4.74 Å². The van der Waals surface area contributed by atoms with E-state index >= 15 is 0 Å². The van der Waals surface area contributed by atoms with E-state index in [0.717, 1.165) is 15.9 Å². The molecule has 1 aliphatic heterocycles. The maximum absolute atomic E-state index is 14.2. The van der Waals surface area contributed by atoms with E-state index in [9.17, 15) is 17.6 Å². The van der Waals surface area contributed by atoms with Gasteiger partial charge in [0.05, 0.1) is 18.2 Å². The summed E-state index contributed by atoms with van der Waals surface area (Å²) in [6.45, 7) is 3.73. The lowest BCUT2D eigenvalue weighted by Gasteiger charge is -2.26. The fourth-order valence-corrected chi connectivity index (χ4v) is 4.68. The second-order valence-electron chi connectivity index (χ2n) is 6.20. The lowest BCUT2D eigenvalue weighted by molar-refractivity contribution is -0.138. The lowest BCUT2D eigenvalue weighted by atomic mass is 10.00. The van der Waals surface area contributed by atoms with E-state index in [1.807, 2.05) is 19.1 Å². The monoisotopic (exact) mass is 389 g/mol. The maximum Gasteiger partial charge on any atom is 0.335 e. The second kappa shape index (κ2) is 7.62. The molecule has 27 heavy (non-hydrogen) atoms. The van der Waals surface area contributed by atoms with Gasteiger partial charge in [0.15, 0.2) is 0 Å². The zero-order valence-electron chi connectivity index (χ0n) is 15.1. The van der Waals surface area contributed by atoms with Crippen LogP contribution < -0.4 is 0 Å². The first kappa shape index (κ1) is 19.3. The van der Waals surface area contributed by atoms with Crippen LogP contribution in [0.3, 0.4) is 0 Å². The van der Waals surface area contributed by atoms with Crippen LogP contribution in [0.2, 0.25) is 0 Å². The number of halogens is 1. The summed E-state index contributed by atoms with van der Waals surface area (Å²) in [4.78, 5) is 12.0. The van der Waals surface area contributed by atoms with Gasteiger partial charge >= 0.3 is 5.97 Å². The van der Waals surface area contributed by atoms with Gasteiger partial charge in [-0.1, -0.05) is 48.0 Å². The topological polar surface area (TPSA) is 63.7 Å². The maximum atomic E-state index is 14.2. The van der Waals surface area contributed by atoms with Gasteiger partial charge in [-0.25, -0.2) is 17.6 Å². The third-order valence-electron chi connectivity index (χ3n) is 4.40. The zero-order chi connectivity index (χ0) is 19.6. The molecular weight excluding hydrogens is 369 g/mol. The molecule has 3 rings (SSSR count). The number of hydrogen-bond donors (Lipinski definition) is 0. The summed E-state index contributed by atoms with van der Waals surface area (Å²) in [7, 11) is -4.16. The van der Waals surface area contributed by atoms with Crippen molar-refractivity contribution in [2.75, 3.05) is 13.2 Å². The Balaban J connectivity index is 2.08. The molecule has 0 amide bonds. The highest BCUT2D eigenvalue weighted by molar-refractivity contribution is 7.89. The Hall–Kier alpha value is -2.51.